The summed E-state index contributed by atoms with van der Waals surface area (Å²) in [5.74, 6) is -1.68. The molecule has 0 spiro atoms. The Morgan fingerprint density at radius 3 is 2.25 bits per heavy atom. The molecular formula is C13H19NO5S. The molecule has 0 fully saturated rings. The lowest BCUT2D eigenvalue weighted by molar-refractivity contribution is -0.165. The van der Waals surface area contributed by atoms with Gasteiger partial charge in [0.2, 0.25) is 0 Å². The molecule has 0 saturated carbocycles. The maximum atomic E-state index is 12.5. The average Bonchev–Trinajstić information content (AvgIpc) is 2.38. The van der Waals surface area contributed by atoms with Gasteiger partial charge in [0.05, 0.1) is 11.5 Å². The predicted octanol–water partition coefficient (Wildman–Crippen LogP) is 1.74. The molecule has 1 aromatic carbocycles. The van der Waals surface area contributed by atoms with Crippen molar-refractivity contribution in [3.8, 4) is 0 Å². The standard InChI is InChI=1S/C13H19NO5S/c1-4-19-14(12(10(2)3)13(15)16)20(17,18)11-8-6-5-7-9-11/h5-10,12H,4H2,1-3H3,(H,15,16)/t12-/m0/s1. The molecule has 0 aliphatic carbocycles. The van der Waals surface area contributed by atoms with Crippen molar-refractivity contribution < 1.29 is 23.2 Å². The quantitative estimate of drug-likeness (QED) is 0.775. The minimum atomic E-state index is -4.02. The summed E-state index contributed by atoms with van der Waals surface area (Å²) in [6, 6.07) is 6.35. The molecular weight excluding hydrogens is 282 g/mol. The molecule has 1 N–H and O–H groups in total. The van der Waals surface area contributed by atoms with Gasteiger partial charge in [-0.15, -0.1) is 0 Å². The van der Waals surface area contributed by atoms with Gasteiger partial charge in [-0.3, -0.25) is 9.63 Å². The van der Waals surface area contributed by atoms with Crippen LogP contribution in [0.5, 0.6) is 0 Å². The minimum absolute atomic E-state index is 0.000324. The lowest BCUT2D eigenvalue weighted by Gasteiger charge is -2.29. The third kappa shape index (κ3) is 3.56. The number of hydroxylamine groups is 1. The van der Waals surface area contributed by atoms with Crippen LogP contribution in [-0.2, 0) is 19.7 Å². The van der Waals surface area contributed by atoms with Crippen LogP contribution in [0.25, 0.3) is 0 Å². The monoisotopic (exact) mass is 301 g/mol. The van der Waals surface area contributed by atoms with Crippen molar-refractivity contribution >= 4 is 16.0 Å². The van der Waals surface area contributed by atoms with E-state index in [0.29, 0.717) is 4.47 Å². The van der Waals surface area contributed by atoms with Crippen LogP contribution in [0.3, 0.4) is 0 Å². The largest absolute Gasteiger partial charge is 0.480 e. The van der Waals surface area contributed by atoms with Crippen molar-refractivity contribution in [2.45, 2.75) is 31.7 Å². The molecule has 0 aromatic heterocycles. The first-order valence-corrected chi connectivity index (χ1v) is 7.71. The fourth-order valence-electron chi connectivity index (χ4n) is 1.74. The molecule has 0 radical (unpaired) electrons. The maximum Gasteiger partial charge on any atom is 0.324 e. The summed E-state index contributed by atoms with van der Waals surface area (Å²) in [7, 11) is -4.02. The average molecular weight is 301 g/mol. The maximum absolute atomic E-state index is 12.5. The van der Waals surface area contributed by atoms with Crippen molar-refractivity contribution in [2.24, 2.45) is 5.92 Å². The van der Waals surface area contributed by atoms with E-state index in [9.17, 15) is 18.3 Å². The van der Waals surface area contributed by atoms with Crippen LogP contribution in [0.2, 0.25) is 0 Å². The van der Waals surface area contributed by atoms with Crippen LogP contribution >= 0.6 is 0 Å². The Bertz CT molecular complexity index is 541. The Balaban J connectivity index is 3.29. The van der Waals surface area contributed by atoms with Gasteiger partial charge in [-0.2, -0.15) is 0 Å². The fraction of sp³-hybridized carbons (Fsp3) is 0.462. The van der Waals surface area contributed by atoms with Gasteiger partial charge in [-0.25, -0.2) is 8.42 Å². The van der Waals surface area contributed by atoms with Crippen molar-refractivity contribution in [1.29, 1.82) is 0 Å². The Morgan fingerprint density at radius 1 is 1.30 bits per heavy atom. The van der Waals surface area contributed by atoms with E-state index < -0.39 is 28.0 Å². The third-order valence-corrected chi connectivity index (χ3v) is 4.32. The molecule has 6 nitrogen and oxygen atoms in total. The third-order valence-electron chi connectivity index (χ3n) is 2.65. The van der Waals surface area contributed by atoms with Gasteiger partial charge in [0.1, 0.15) is 0 Å². The SMILES string of the molecule is CCON([C@H](C(=O)O)C(C)C)S(=O)(=O)c1ccccc1. The topological polar surface area (TPSA) is 83.9 Å². The summed E-state index contributed by atoms with van der Waals surface area (Å²) in [5, 5.41) is 9.26. The number of aliphatic carboxylic acids is 1. The van der Waals surface area contributed by atoms with Gasteiger partial charge in [0.25, 0.3) is 10.0 Å². The summed E-state index contributed by atoms with van der Waals surface area (Å²) in [6.07, 6.45) is 0. The number of carboxylic acids is 1. The highest BCUT2D eigenvalue weighted by atomic mass is 32.2. The number of carbonyl (C=O) groups is 1. The molecule has 0 unspecified atom stereocenters. The van der Waals surface area contributed by atoms with Crippen molar-refractivity contribution in [3.05, 3.63) is 30.3 Å². The number of nitrogens with zero attached hydrogens (tertiary/aromatic N) is 1. The Kier molecular flexibility index (Phi) is 5.67. The summed E-state index contributed by atoms with van der Waals surface area (Å²) in [5.41, 5.74) is 0. The number of sulfonamides is 1. The molecule has 0 bridgehead atoms. The van der Waals surface area contributed by atoms with E-state index in [0.717, 1.165) is 0 Å². The first-order chi connectivity index (χ1) is 9.32. The van der Waals surface area contributed by atoms with Crippen molar-refractivity contribution in [1.82, 2.24) is 4.47 Å². The van der Waals surface area contributed by atoms with Crippen LogP contribution in [0.1, 0.15) is 20.8 Å². The molecule has 0 saturated heterocycles. The van der Waals surface area contributed by atoms with Crippen LogP contribution in [-0.4, -0.2) is 36.6 Å². The van der Waals surface area contributed by atoms with Gasteiger partial charge >= 0.3 is 5.97 Å². The number of hydrogen-bond acceptors (Lipinski definition) is 4. The highest BCUT2D eigenvalue weighted by Crippen LogP contribution is 2.22. The van der Waals surface area contributed by atoms with Crippen molar-refractivity contribution in [2.75, 3.05) is 6.61 Å². The molecule has 112 valence electrons. The van der Waals surface area contributed by atoms with E-state index in [1.165, 1.54) is 12.1 Å². The fourth-order valence-corrected chi connectivity index (χ4v) is 3.33. The normalized spacial score (nSPS) is 13.7. The first-order valence-electron chi connectivity index (χ1n) is 6.27. The molecule has 0 aliphatic heterocycles. The summed E-state index contributed by atoms with van der Waals surface area (Å²) in [6.45, 7) is 4.92. The van der Waals surface area contributed by atoms with E-state index in [1.807, 2.05) is 0 Å². The molecule has 1 atom stereocenters. The Labute approximate surface area is 119 Å². The van der Waals surface area contributed by atoms with Crippen LogP contribution < -0.4 is 0 Å². The number of hydrogen-bond donors (Lipinski definition) is 1. The van der Waals surface area contributed by atoms with E-state index in [-0.39, 0.29) is 11.5 Å². The van der Waals surface area contributed by atoms with Crippen LogP contribution in [0.15, 0.2) is 35.2 Å². The second-order valence-electron chi connectivity index (χ2n) is 4.52. The zero-order valence-corrected chi connectivity index (χ0v) is 12.5. The smallest absolute Gasteiger partial charge is 0.324 e. The molecule has 20 heavy (non-hydrogen) atoms. The second kappa shape index (κ2) is 6.83. The summed E-state index contributed by atoms with van der Waals surface area (Å²) in [4.78, 5) is 16.5. The van der Waals surface area contributed by atoms with Gasteiger partial charge in [0.15, 0.2) is 6.04 Å². The van der Waals surface area contributed by atoms with Crippen molar-refractivity contribution in [3.63, 3.8) is 0 Å². The summed E-state index contributed by atoms with van der Waals surface area (Å²) >= 11 is 0. The highest BCUT2D eigenvalue weighted by Gasteiger charge is 2.39. The molecule has 0 amide bonds. The van der Waals surface area contributed by atoms with E-state index in [2.05, 4.69) is 0 Å². The van der Waals surface area contributed by atoms with Crippen LogP contribution in [0.4, 0.5) is 0 Å². The highest BCUT2D eigenvalue weighted by molar-refractivity contribution is 7.89. The lowest BCUT2D eigenvalue weighted by Crippen LogP contribution is -2.47. The Hall–Kier alpha value is -1.44. The zero-order valence-electron chi connectivity index (χ0n) is 11.7. The van der Waals surface area contributed by atoms with Gasteiger partial charge in [0, 0.05) is 0 Å². The molecule has 0 heterocycles. The summed E-state index contributed by atoms with van der Waals surface area (Å²) < 4.78 is 25.6. The zero-order chi connectivity index (χ0) is 15.3. The van der Waals surface area contributed by atoms with Crippen LogP contribution in [0, 0.1) is 5.92 Å². The van der Waals surface area contributed by atoms with Gasteiger partial charge in [-0.05, 0) is 25.0 Å². The van der Waals surface area contributed by atoms with E-state index in [4.69, 9.17) is 4.84 Å². The van der Waals surface area contributed by atoms with E-state index >= 15 is 0 Å². The second-order valence-corrected chi connectivity index (χ2v) is 6.30. The lowest BCUT2D eigenvalue weighted by atomic mass is 10.1. The first kappa shape index (κ1) is 16.6. The minimum Gasteiger partial charge on any atom is -0.480 e. The van der Waals surface area contributed by atoms with Gasteiger partial charge < -0.3 is 5.11 Å². The molecule has 0 aliphatic rings. The molecule has 1 aromatic rings. The number of benzene rings is 1. The molecule has 1 rings (SSSR count). The number of carboxylic acid groups (broad SMARTS) is 1. The number of rotatable bonds is 7. The molecule has 7 heteroatoms. The Morgan fingerprint density at radius 2 is 1.85 bits per heavy atom. The van der Waals surface area contributed by atoms with E-state index in [1.54, 1.807) is 39.0 Å². The van der Waals surface area contributed by atoms with Gasteiger partial charge in [-0.1, -0.05) is 36.5 Å². The predicted molar refractivity (Wildman–Crippen MR) is 73.4 cm³/mol.